The van der Waals surface area contributed by atoms with Crippen molar-refractivity contribution in [1.82, 2.24) is 19.6 Å². The minimum atomic E-state index is -0.429. The number of aryl methyl sites for hydroxylation is 1. The first kappa shape index (κ1) is 21.0. The molecule has 1 saturated heterocycles. The molecule has 1 aliphatic rings. The number of carbonyl (C=O) groups excluding carboxylic acids is 2. The van der Waals surface area contributed by atoms with E-state index in [4.69, 9.17) is 4.74 Å². The predicted molar refractivity (Wildman–Crippen MR) is 112 cm³/mol. The second kappa shape index (κ2) is 9.69. The van der Waals surface area contributed by atoms with Gasteiger partial charge >= 0.3 is 12.0 Å². The SMILES string of the molecule is CCOC(=O)CNC(=O)N1CCN(c2nc(Cc3ccc(C)cc3)ns2)CC1C. The largest absolute Gasteiger partial charge is 0.465 e. The van der Waals surface area contributed by atoms with Crippen molar-refractivity contribution in [2.45, 2.75) is 33.2 Å². The molecule has 1 aromatic carbocycles. The fourth-order valence-electron chi connectivity index (χ4n) is 3.23. The normalized spacial score (nSPS) is 16.6. The topological polar surface area (TPSA) is 87.7 Å². The number of aromatic nitrogens is 2. The van der Waals surface area contributed by atoms with E-state index >= 15 is 0 Å². The molecule has 1 aromatic heterocycles. The summed E-state index contributed by atoms with van der Waals surface area (Å²) in [6.45, 7) is 7.90. The summed E-state index contributed by atoms with van der Waals surface area (Å²) in [6, 6.07) is 8.14. The molecule has 8 nitrogen and oxygen atoms in total. The Bertz CT molecular complexity index is 839. The molecule has 2 aromatic rings. The third-order valence-corrected chi connectivity index (χ3v) is 5.60. The molecular weight excluding hydrogens is 390 g/mol. The zero-order valence-corrected chi connectivity index (χ0v) is 17.9. The van der Waals surface area contributed by atoms with Gasteiger partial charge in [-0.15, -0.1) is 0 Å². The molecule has 0 radical (unpaired) electrons. The van der Waals surface area contributed by atoms with Gasteiger partial charge in [0, 0.05) is 43.6 Å². The summed E-state index contributed by atoms with van der Waals surface area (Å²) in [5.74, 6) is 0.387. The lowest BCUT2D eigenvalue weighted by atomic mass is 10.1. The maximum absolute atomic E-state index is 12.4. The first-order chi connectivity index (χ1) is 14.0. The van der Waals surface area contributed by atoms with Crippen LogP contribution in [0.25, 0.3) is 0 Å². The summed E-state index contributed by atoms with van der Waals surface area (Å²) < 4.78 is 9.34. The van der Waals surface area contributed by atoms with Gasteiger partial charge in [-0.2, -0.15) is 4.37 Å². The van der Waals surface area contributed by atoms with E-state index in [0.29, 0.717) is 32.7 Å². The van der Waals surface area contributed by atoms with E-state index in [1.165, 1.54) is 22.7 Å². The summed E-state index contributed by atoms with van der Waals surface area (Å²) in [4.78, 5) is 32.4. The number of esters is 1. The number of benzene rings is 1. The zero-order chi connectivity index (χ0) is 20.8. The van der Waals surface area contributed by atoms with Crippen molar-refractivity contribution in [1.29, 1.82) is 0 Å². The van der Waals surface area contributed by atoms with Gasteiger partial charge in [-0.05, 0) is 26.3 Å². The highest BCUT2D eigenvalue weighted by Crippen LogP contribution is 2.22. The van der Waals surface area contributed by atoms with Gasteiger partial charge in [0.05, 0.1) is 6.61 Å². The number of amides is 2. The molecule has 1 unspecified atom stereocenters. The second-order valence-corrected chi connectivity index (χ2v) is 7.84. The Morgan fingerprint density at radius 2 is 2.03 bits per heavy atom. The van der Waals surface area contributed by atoms with Gasteiger partial charge < -0.3 is 19.9 Å². The Hall–Kier alpha value is -2.68. The molecule has 29 heavy (non-hydrogen) atoms. The summed E-state index contributed by atoms with van der Waals surface area (Å²) in [6.07, 6.45) is 0.711. The number of hydrogen-bond donors (Lipinski definition) is 1. The lowest BCUT2D eigenvalue weighted by molar-refractivity contribution is -0.141. The molecule has 0 saturated carbocycles. The smallest absolute Gasteiger partial charge is 0.325 e. The van der Waals surface area contributed by atoms with E-state index in [1.54, 1.807) is 11.8 Å². The number of piperazine rings is 1. The number of urea groups is 1. The van der Waals surface area contributed by atoms with Crippen LogP contribution in [0, 0.1) is 6.92 Å². The third kappa shape index (κ3) is 5.66. The molecule has 1 aliphatic heterocycles. The van der Waals surface area contributed by atoms with Crippen LogP contribution in [0.2, 0.25) is 0 Å². The number of ether oxygens (including phenoxy) is 1. The molecular formula is C20H27N5O3S. The summed E-state index contributed by atoms with van der Waals surface area (Å²) in [5.41, 5.74) is 2.43. The highest BCUT2D eigenvalue weighted by atomic mass is 32.1. The predicted octanol–water partition coefficient (Wildman–Crippen LogP) is 2.22. The van der Waals surface area contributed by atoms with E-state index in [1.807, 2.05) is 6.92 Å². The van der Waals surface area contributed by atoms with Crippen LogP contribution in [0.5, 0.6) is 0 Å². The van der Waals surface area contributed by atoms with E-state index < -0.39 is 5.97 Å². The fourth-order valence-corrected chi connectivity index (χ4v) is 3.95. The van der Waals surface area contributed by atoms with Crippen LogP contribution in [0.1, 0.15) is 30.8 Å². The van der Waals surface area contributed by atoms with Gasteiger partial charge in [0.25, 0.3) is 0 Å². The number of nitrogens with zero attached hydrogens (tertiary/aromatic N) is 4. The van der Waals surface area contributed by atoms with Crippen LogP contribution in [-0.2, 0) is 16.0 Å². The molecule has 1 N–H and O–H groups in total. The average molecular weight is 418 g/mol. The standard InChI is InChI=1S/C20H27N5O3S/c1-4-28-18(26)12-21-19(27)25-10-9-24(13-15(25)3)20-22-17(23-29-20)11-16-7-5-14(2)6-8-16/h5-8,15H,4,9-13H2,1-3H3,(H,21,27). The van der Waals surface area contributed by atoms with Crippen molar-refractivity contribution in [2.75, 3.05) is 37.7 Å². The Labute approximate surface area is 175 Å². The molecule has 0 aliphatic carbocycles. The van der Waals surface area contributed by atoms with E-state index in [2.05, 4.69) is 50.8 Å². The molecule has 156 valence electrons. The average Bonchev–Trinajstić information content (AvgIpc) is 3.16. The first-order valence-electron chi connectivity index (χ1n) is 9.79. The van der Waals surface area contributed by atoms with E-state index in [-0.39, 0.29) is 18.6 Å². The Morgan fingerprint density at radius 3 is 2.72 bits per heavy atom. The molecule has 3 rings (SSSR count). The van der Waals surface area contributed by atoms with Crippen LogP contribution in [-0.4, -0.2) is 65.1 Å². The Kier molecular flexibility index (Phi) is 7.03. The molecule has 2 amide bonds. The van der Waals surface area contributed by atoms with Gasteiger partial charge in [-0.3, -0.25) is 4.79 Å². The molecule has 9 heteroatoms. The van der Waals surface area contributed by atoms with Gasteiger partial charge in [0.1, 0.15) is 12.4 Å². The van der Waals surface area contributed by atoms with Crippen LogP contribution >= 0.6 is 11.5 Å². The van der Waals surface area contributed by atoms with Crippen LogP contribution in [0.4, 0.5) is 9.93 Å². The fraction of sp³-hybridized carbons (Fsp3) is 0.500. The van der Waals surface area contributed by atoms with Gasteiger partial charge in [-0.1, -0.05) is 29.8 Å². The summed E-state index contributed by atoms with van der Waals surface area (Å²) in [7, 11) is 0. The Balaban J connectivity index is 1.53. The molecule has 0 bridgehead atoms. The van der Waals surface area contributed by atoms with Gasteiger partial charge in [-0.25, -0.2) is 9.78 Å². The highest BCUT2D eigenvalue weighted by Gasteiger charge is 2.29. The van der Waals surface area contributed by atoms with E-state index in [0.717, 1.165) is 11.0 Å². The maximum Gasteiger partial charge on any atom is 0.325 e. The first-order valence-corrected chi connectivity index (χ1v) is 10.6. The number of hydrogen-bond acceptors (Lipinski definition) is 7. The number of nitrogens with one attached hydrogen (secondary N) is 1. The number of anilines is 1. The van der Waals surface area contributed by atoms with Crippen molar-refractivity contribution >= 4 is 28.7 Å². The number of carbonyl (C=O) groups is 2. The molecule has 2 heterocycles. The number of rotatable bonds is 6. The van der Waals surface area contributed by atoms with Crippen molar-refractivity contribution in [3.05, 3.63) is 41.2 Å². The quantitative estimate of drug-likeness (QED) is 0.725. The monoisotopic (exact) mass is 417 g/mol. The second-order valence-electron chi connectivity index (χ2n) is 7.11. The van der Waals surface area contributed by atoms with Crippen molar-refractivity contribution < 1.29 is 14.3 Å². The zero-order valence-electron chi connectivity index (χ0n) is 17.1. The summed E-state index contributed by atoms with van der Waals surface area (Å²) in [5, 5.41) is 3.51. The van der Waals surface area contributed by atoms with Gasteiger partial charge in [0.15, 0.2) is 0 Å². The lowest BCUT2D eigenvalue weighted by Gasteiger charge is -2.39. The highest BCUT2D eigenvalue weighted by molar-refractivity contribution is 7.09. The minimum absolute atomic E-state index is 0.00426. The van der Waals surface area contributed by atoms with Crippen LogP contribution in [0.15, 0.2) is 24.3 Å². The van der Waals surface area contributed by atoms with Crippen molar-refractivity contribution in [3.8, 4) is 0 Å². The van der Waals surface area contributed by atoms with Crippen LogP contribution in [0.3, 0.4) is 0 Å². The van der Waals surface area contributed by atoms with Crippen LogP contribution < -0.4 is 10.2 Å². The molecule has 1 fully saturated rings. The maximum atomic E-state index is 12.4. The van der Waals surface area contributed by atoms with E-state index in [9.17, 15) is 9.59 Å². The Morgan fingerprint density at radius 1 is 1.28 bits per heavy atom. The van der Waals surface area contributed by atoms with Crippen molar-refractivity contribution in [2.24, 2.45) is 0 Å². The van der Waals surface area contributed by atoms with Crippen molar-refractivity contribution in [3.63, 3.8) is 0 Å². The summed E-state index contributed by atoms with van der Waals surface area (Å²) >= 11 is 1.39. The van der Waals surface area contributed by atoms with Gasteiger partial charge in [0.2, 0.25) is 5.13 Å². The lowest BCUT2D eigenvalue weighted by Crippen LogP contribution is -2.57. The molecule has 1 atom stereocenters. The minimum Gasteiger partial charge on any atom is -0.465 e. The third-order valence-electron chi connectivity index (χ3n) is 4.79. The molecule has 0 spiro atoms.